The highest BCUT2D eigenvalue weighted by molar-refractivity contribution is 6.34. The maximum Gasteiger partial charge on any atom is 0.138 e. The molecule has 0 saturated heterocycles. The Morgan fingerprint density at radius 3 is 2.63 bits per heavy atom. The molecule has 5 nitrogen and oxygen atoms in total. The Kier molecular flexibility index (Phi) is 4.39. The second-order valence-electron chi connectivity index (χ2n) is 6.51. The lowest BCUT2D eigenvalue weighted by Gasteiger charge is -2.25. The van der Waals surface area contributed by atoms with Crippen LogP contribution in [0.4, 0.5) is 0 Å². The molecule has 3 aromatic rings. The summed E-state index contributed by atoms with van der Waals surface area (Å²) < 4.78 is 7.56. The first-order valence-corrected chi connectivity index (χ1v) is 8.97. The fraction of sp³-hybridized carbons (Fsp3) is 0.150. The van der Waals surface area contributed by atoms with E-state index in [0.29, 0.717) is 27.7 Å². The van der Waals surface area contributed by atoms with Crippen LogP contribution in [0, 0.1) is 11.3 Å². The normalized spacial score (nSPS) is 18.7. The Morgan fingerprint density at radius 2 is 1.96 bits per heavy atom. The molecule has 2 heterocycles. The highest BCUT2D eigenvalue weighted by Crippen LogP contribution is 2.43. The van der Waals surface area contributed by atoms with Gasteiger partial charge in [0, 0.05) is 16.5 Å². The monoisotopic (exact) mass is 396 g/mol. The van der Waals surface area contributed by atoms with Gasteiger partial charge in [0.15, 0.2) is 0 Å². The number of rotatable bonds is 3. The molecule has 1 aliphatic rings. The molecule has 2 aromatic carbocycles. The van der Waals surface area contributed by atoms with E-state index in [1.54, 1.807) is 23.3 Å². The number of hydrogen-bond acceptors (Lipinski definition) is 4. The van der Waals surface area contributed by atoms with Gasteiger partial charge in [-0.05, 0) is 54.0 Å². The topological polar surface area (TPSA) is 63.7 Å². The van der Waals surface area contributed by atoms with E-state index in [9.17, 15) is 5.26 Å². The molecule has 134 valence electrons. The first-order chi connectivity index (χ1) is 13.0. The second-order valence-corrected chi connectivity index (χ2v) is 7.38. The van der Waals surface area contributed by atoms with E-state index < -0.39 is 5.60 Å². The van der Waals surface area contributed by atoms with Crippen molar-refractivity contribution in [3.8, 4) is 11.8 Å². The summed E-state index contributed by atoms with van der Waals surface area (Å²) in [6, 6.07) is 13.3. The Labute approximate surface area is 166 Å². The van der Waals surface area contributed by atoms with Crippen molar-refractivity contribution < 1.29 is 4.74 Å². The van der Waals surface area contributed by atoms with E-state index in [2.05, 4.69) is 16.2 Å². The van der Waals surface area contributed by atoms with E-state index in [0.717, 1.165) is 16.7 Å². The predicted octanol–water partition coefficient (Wildman–Crippen LogP) is 5.12. The molecule has 0 amide bonds. The molecule has 7 heteroatoms. The predicted molar refractivity (Wildman–Crippen MR) is 104 cm³/mol. The number of benzene rings is 2. The van der Waals surface area contributed by atoms with E-state index in [1.807, 2.05) is 37.3 Å². The Hall–Kier alpha value is -2.81. The van der Waals surface area contributed by atoms with Gasteiger partial charge in [0.05, 0.1) is 17.5 Å². The highest BCUT2D eigenvalue weighted by atomic mass is 35.5. The zero-order valence-electron chi connectivity index (χ0n) is 14.4. The van der Waals surface area contributed by atoms with Crippen molar-refractivity contribution in [3.63, 3.8) is 0 Å². The average molecular weight is 397 g/mol. The van der Waals surface area contributed by atoms with E-state index in [1.165, 1.54) is 6.33 Å². The van der Waals surface area contributed by atoms with Crippen LogP contribution in [0.1, 0.15) is 30.0 Å². The minimum Gasteiger partial charge on any atom is -0.490 e. The van der Waals surface area contributed by atoms with Gasteiger partial charge in [0.25, 0.3) is 0 Å². The van der Waals surface area contributed by atoms with Crippen LogP contribution < -0.4 is 0 Å². The summed E-state index contributed by atoms with van der Waals surface area (Å²) in [5.41, 5.74) is 3.45. The summed E-state index contributed by atoms with van der Waals surface area (Å²) in [7, 11) is 0. The van der Waals surface area contributed by atoms with Crippen molar-refractivity contribution in [2.45, 2.75) is 18.9 Å². The van der Waals surface area contributed by atoms with Gasteiger partial charge in [-0.3, -0.25) is 0 Å². The van der Waals surface area contributed by atoms with Crippen LogP contribution in [0.15, 0.2) is 55.3 Å². The Balaban J connectivity index is 1.65. The summed E-state index contributed by atoms with van der Waals surface area (Å²) in [6.45, 7) is 1.99. The van der Waals surface area contributed by atoms with Gasteiger partial charge < -0.3 is 4.74 Å². The first kappa shape index (κ1) is 17.6. The molecule has 1 aliphatic heterocycles. The van der Waals surface area contributed by atoms with Crippen LogP contribution >= 0.6 is 23.2 Å². The van der Waals surface area contributed by atoms with Gasteiger partial charge >= 0.3 is 0 Å². The molecule has 1 aromatic heterocycles. The SMILES string of the molecule is CC1(c2cc(Cl)cc(Cl)c2)CC(c2ccc(-n3cncn3)c(C#N)c2)=CO1. The van der Waals surface area contributed by atoms with Crippen LogP contribution in [0.2, 0.25) is 10.0 Å². The lowest BCUT2D eigenvalue weighted by Crippen LogP contribution is -2.20. The van der Waals surface area contributed by atoms with Crippen LogP contribution in [-0.2, 0) is 10.3 Å². The third-order valence-corrected chi connectivity index (χ3v) is 5.05. The minimum absolute atomic E-state index is 0.512. The smallest absolute Gasteiger partial charge is 0.138 e. The molecule has 0 saturated carbocycles. The Bertz CT molecular complexity index is 1070. The van der Waals surface area contributed by atoms with Gasteiger partial charge in [-0.15, -0.1) is 0 Å². The molecule has 0 fully saturated rings. The van der Waals surface area contributed by atoms with E-state index in [4.69, 9.17) is 27.9 Å². The molecule has 1 atom stereocenters. The first-order valence-electron chi connectivity index (χ1n) is 8.21. The number of hydrogen-bond donors (Lipinski definition) is 0. The van der Waals surface area contributed by atoms with Crippen molar-refractivity contribution in [3.05, 3.63) is 82.1 Å². The fourth-order valence-electron chi connectivity index (χ4n) is 3.21. The van der Waals surface area contributed by atoms with E-state index in [-0.39, 0.29) is 0 Å². The number of ether oxygens (including phenoxy) is 1. The van der Waals surface area contributed by atoms with Gasteiger partial charge in [-0.2, -0.15) is 10.4 Å². The van der Waals surface area contributed by atoms with Crippen molar-refractivity contribution in [1.29, 1.82) is 5.26 Å². The number of nitrogens with zero attached hydrogens (tertiary/aromatic N) is 4. The summed E-state index contributed by atoms with van der Waals surface area (Å²) in [5.74, 6) is 0. The molecule has 0 aliphatic carbocycles. The summed E-state index contributed by atoms with van der Waals surface area (Å²) in [4.78, 5) is 3.93. The fourth-order valence-corrected chi connectivity index (χ4v) is 3.73. The lowest BCUT2D eigenvalue weighted by atomic mass is 9.88. The third-order valence-electron chi connectivity index (χ3n) is 4.62. The van der Waals surface area contributed by atoms with Crippen LogP contribution in [0.5, 0.6) is 0 Å². The van der Waals surface area contributed by atoms with Gasteiger partial charge in [-0.25, -0.2) is 9.67 Å². The molecule has 4 rings (SSSR count). The maximum absolute atomic E-state index is 9.53. The zero-order valence-corrected chi connectivity index (χ0v) is 15.9. The molecule has 27 heavy (non-hydrogen) atoms. The highest BCUT2D eigenvalue weighted by Gasteiger charge is 2.35. The van der Waals surface area contributed by atoms with Crippen molar-refractivity contribution in [2.75, 3.05) is 0 Å². The quantitative estimate of drug-likeness (QED) is 0.615. The third kappa shape index (κ3) is 3.30. The molecule has 1 unspecified atom stereocenters. The minimum atomic E-state index is -0.568. The van der Waals surface area contributed by atoms with E-state index >= 15 is 0 Å². The molecule has 0 spiro atoms. The van der Waals surface area contributed by atoms with Crippen LogP contribution in [0.3, 0.4) is 0 Å². The summed E-state index contributed by atoms with van der Waals surface area (Å²) in [6.07, 6.45) is 5.37. The van der Waals surface area contributed by atoms with Crippen LogP contribution in [-0.4, -0.2) is 14.8 Å². The summed E-state index contributed by atoms with van der Waals surface area (Å²) >= 11 is 12.3. The number of nitriles is 1. The maximum atomic E-state index is 9.53. The molecule has 0 radical (unpaired) electrons. The Morgan fingerprint density at radius 1 is 1.19 bits per heavy atom. The lowest BCUT2D eigenvalue weighted by molar-refractivity contribution is 0.0612. The molecule has 0 bridgehead atoms. The van der Waals surface area contributed by atoms with Gasteiger partial charge in [0.1, 0.15) is 24.3 Å². The molecular weight excluding hydrogens is 383 g/mol. The molecular formula is C20H14Cl2N4O. The number of aromatic nitrogens is 3. The zero-order chi connectivity index (χ0) is 19.0. The van der Waals surface area contributed by atoms with Crippen molar-refractivity contribution in [1.82, 2.24) is 14.8 Å². The second kappa shape index (κ2) is 6.73. The standard InChI is InChI=1S/C20H14Cl2N4O/c1-20(16-5-17(21)7-18(22)6-16)8-15(10-27-20)13-2-3-19(14(4-13)9-23)26-12-24-11-25-26/h2-7,10-12H,8H2,1H3. The summed E-state index contributed by atoms with van der Waals surface area (Å²) in [5, 5.41) is 14.8. The molecule has 0 N–H and O–H groups in total. The van der Waals surface area contributed by atoms with Gasteiger partial charge in [-0.1, -0.05) is 29.3 Å². The van der Waals surface area contributed by atoms with Crippen molar-refractivity contribution >= 4 is 28.8 Å². The largest absolute Gasteiger partial charge is 0.490 e. The number of halogens is 2. The van der Waals surface area contributed by atoms with Crippen LogP contribution in [0.25, 0.3) is 11.3 Å². The van der Waals surface area contributed by atoms with Crippen molar-refractivity contribution in [2.24, 2.45) is 0 Å². The van der Waals surface area contributed by atoms with Gasteiger partial charge in [0.2, 0.25) is 0 Å². The average Bonchev–Trinajstić information content (AvgIpc) is 3.31.